The molecular formula is C11H13N3O3S. The number of carbonyl (C=O) groups is 2. The molecule has 0 saturated carbocycles. The minimum Gasteiger partial charge on any atom is -0.480 e. The van der Waals surface area contributed by atoms with E-state index in [-0.39, 0.29) is 6.54 Å². The Morgan fingerprint density at radius 1 is 1.56 bits per heavy atom. The Bertz CT molecular complexity index is 478. The first-order valence-corrected chi connectivity index (χ1v) is 6.13. The Balaban J connectivity index is 2.91. The fourth-order valence-corrected chi connectivity index (χ4v) is 2.06. The van der Waals surface area contributed by atoms with Crippen LogP contribution in [-0.4, -0.2) is 44.6 Å². The number of rotatable bonds is 6. The third kappa shape index (κ3) is 3.53. The van der Waals surface area contributed by atoms with E-state index in [0.717, 1.165) is 22.9 Å². The highest BCUT2D eigenvalue weighted by molar-refractivity contribution is 7.08. The Kier molecular flexibility index (Phi) is 5.27. The zero-order valence-electron chi connectivity index (χ0n) is 9.92. The Morgan fingerprint density at radius 3 is 2.83 bits per heavy atom. The van der Waals surface area contributed by atoms with Crippen LogP contribution in [-0.2, 0) is 11.2 Å². The number of carboxylic acids is 1. The standard InChI is InChI=1S/C11H13N3O3S/c1-3-5-8-10(18-13-12-8)11(17)14(6-4-2)7-9(15)16/h2H,3,5-7H2,1H3,(H,15,16). The van der Waals surface area contributed by atoms with Crippen molar-refractivity contribution in [3.63, 3.8) is 0 Å². The fourth-order valence-electron chi connectivity index (χ4n) is 1.39. The molecule has 0 radical (unpaired) electrons. The van der Waals surface area contributed by atoms with Gasteiger partial charge in [-0.15, -0.1) is 11.5 Å². The molecule has 0 aliphatic carbocycles. The predicted molar refractivity (Wildman–Crippen MR) is 66.3 cm³/mol. The quantitative estimate of drug-likeness (QED) is 0.765. The van der Waals surface area contributed by atoms with E-state index in [9.17, 15) is 9.59 Å². The Morgan fingerprint density at radius 2 is 2.28 bits per heavy atom. The fraction of sp³-hybridized carbons (Fsp3) is 0.455. The molecule has 1 rings (SSSR count). The summed E-state index contributed by atoms with van der Waals surface area (Å²) in [5.41, 5.74) is 0.597. The summed E-state index contributed by atoms with van der Waals surface area (Å²) in [6.45, 7) is 1.49. The van der Waals surface area contributed by atoms with E-state index in [2.05, 4.69) is 15.5 Å². The summed E-state index contributed by atoms with van der Waals surface area (Å²) in [4.78, 5) is 24.3. The topological polar surface area (TPSA) is 83.4 Å². The molecule has 1 aromatic rings. The van der Waals surface area contributed by atoms with E-state index >= 15 is 0 Å². The number of carboxylic acid groups (broad SMARTS) is 1. The van der Waals surface area contributed by atoms with E-state index in [4.69, 9.17) is 11.5 Å². The van der Waals surface area contributed by atoms with Crippen molar-refractivity contribution in [3.05, 3.63) is 10.6 Å². The van der Waals surface area contributed by atoms with Crippen LogP contribution in [0.25, 0.3) is 0 Å². The monoisotopic (exact) mass is 267 g/mol. The van der Waals surface area contributed by atoms with E-state index < -0.39 is 18.4 Å². The number of nitrogens with zero attached hydrogens (tertiary/aromatic N) is 3. The molecule has 0 atom stereocenters. The van der Waals surface area contributed by atoms with Gasteiger partial charge in [0.25, 0.3) is 5.91 Å². The first-order chi connectivity index (χ1) is 8.60. The molecule has 0 fully saturated rings. The molecule has 7 heteroatoms. The predicted octanol–water partition coefficient (Wildman–Crippen LogP) is 0.651. The van der Waals surface area contributed by atoms with Crippen molar-refractivity contribution < 1.29 is 14.7 Å². The minimum atomic E-state index is -1.10. The first-order valence-electron chi connectivity index (χ1n) is 5.35. The van der Waals surface area contributed by atoms with Crippen LogP contribution in [0.15, 0.2) is 0 Å². The van der Waals surface area contributed by atoms with E-state index in [1.807, 2.05) is 6.92 Å². The summed E-state index contributed by atoms with van der Waals surface area (Å²) in [6.07, 6.45) is 6.59. The molecule has 0 spiro atoms. The molecular weight excluding hydrogens is 254 g/mol. The third-order valence-corrected chi connectivity index (χ3v) is 2.89. The molecule has 0 aliphatic rings. The lowest BCUT2D eigenvalue weighted by Gasteiger charge is -2.16. The summed E-state index contributed by atoms with van der Waals surface area (Å²) < 4.78 is 3.73. The molecule has 0 aromatic carbocycles. The summed E-state index contributed by atoms with van der Waals surface area (Å²) >= 11 is 0.965. The van der Waals surface area contributed by atoms with Crippen LogP contribution in [0.5, 0.6) is 0 Å². The van der Waals surface area contributed by atoms with Crippen molar-refractivity contribution in [1.29, 1.82) is 0 Å². The van der Waals surface area contributed by atoms with Gasteiger partial charge >= 0.3 is 5.97 Å². The first kappa shape index (κ1) is 14.1. The maximum Gasteiger partial charge on any atom is 0.323 e. The van der Waals surface area contributed by atoms with Gasteiger partial charge in [0.1, 0.15) is 11.4 Å². The summed E-state index contributed by atoms with van der Waals surface area (Å²) in [6, 6.07) is 0. The van der Waals surface area contributed by atoms with Gasteiger partial charge in [-0.25, -0.2) is 0 Å². The van der Waals surface area contributed by atoms with Crippen LogP contribution in [0.1, 0.15) is 28.7 Å². The highest BCUT2D eigenvalue weighted by Crippen LogP contribution is 2.15. The average Bonchev–Trinajstić information content (AvgIpc) is 2.76. The smallest absolute Gasteiger partial charge is 0.323 e. The van der Waals surface area contributed by atoms with Gasteiger partial charge in [-0.3, -0.25) is 9.59 Å². The number of aryl methyl sites for hydroxylation is 1. The highest BCUT2D eigenvalue weighted by Gasteiger charge is 2.23. The lowest BCUT2D eigenvalue weighted by Crippen LogP contribution is -2.36. The molecule has 0 bridgehead atoms. The molecule has 18 heavy (non-hydrogen) atoms. The lowest BCUT2D eigenvalue weighted by molar-refractivity contribution is -0.137. The average molecular weight is 267 g/mol. The van der Waals surface area contributed by atoms with E-state index in [1.165, 1.54) is 0 Å². The molecule has 6 nitrogen and oxygen atoms in total. The van der Waals surface area contributed by atoms with Crippen molar-refractivity contribution in [3.8, 4) is 12.3 Å². The minimum absolute atomic E-state index is 0.0470. The van der Waals surface area contributed by atoms with Crippen LogP contribution in [0.3, 0.4) is 0 Å². The SMILES string of the molecule is C#CCN(CC(=O)O)C(=O)c1snnc1CCC. The second kappa shape index (κ2) is 6.71. The van der Waals surface area contributed by atoms with Crippen molar-refractivity contribution in [2.24, 2.45) is 0 Å². The van der Waals surface area contributed by atoms with Gasteiger partial charge in [0.2, 0.25) is 0 Å². The number of aromatic nitrogens is 2. The Hall–Kier alpha value is -1.94. The summed E-state index contributed by atoms with van der Waals surface area (Å²) in [5.74, 6) is 0.747. The second-order valence-corrected chi connectivity index (χ2v) is 4.31. The van der Waals surface area contributed by atoms with Crippen LogP contribution in [0.2, 0.25) is 0 Å². The molecule has 1 amide bonds. The number of hydrogen-bond donors (Lipinski definition) is 1. The number of carbonyl (C=O) groups excluding carboxylic acids is 1. The number of hydrogen-bond acceptors (Lipinski definition) is 5. The zero-order valence-corrected chi connectivity index (χ0v) is 10.7. The van der Waals surface area contributed by atoms with Gasteiger partial charge in [0.05, 0.1) is 12.2 Å². The van der Waals surface area contributed by atoms with Crippen LogP contribution >= 0.6 is 11.5 Å². The van der Waals surface area contributed by atoms with Crippen LogP contribution in [0.4, 0.5) is 0 Å². The number of amides is 1. The van der Waals surface area contributed by atoms with Crippen molar-refractivity contribution in [2.75, 3.05) is 13.1 Å². The zero-order chi connectivity index (χ0) is 13.5. The lowest BCUT2D eigenvalue weighted by atomic mass is 10.2. The van der Waals surface area contributed by atoms with Crippen molar-refractivity contribution in [1.82, 2.24) is 14.5 Å². The van der Waals surface area contributed by atoms with E-state index in [1.54, 1.807) is 0 Å². The molecule has 0 unspecified atom stereocenters. The van der Waals surface area contributed by atoms with Gasteiger partial charge in [0, 0.05) is 0 Å². The second-order valence-electron chi connectivity index (χ2n) is 3.56. The molecule has 1 heterocycles. The van der Waals surface area contributed by atoms with Crippen LogP contribution in [0, 0.1) is 12.3 Å². The van der Waals surface area contributed by atoms with E-state index in [0.29, 0.717) is 17.0 Å². The maximum absolute atomic E-state index is 12.1. The summed E-state index contributed by atoms with van der Waals surface area (Å²) in [5, 5.41) is 12.6. The molecule has 1 N–H and O–H groups in total. The van der Waals surface area contributed by atoms with Gasteiger partial charge in [0.15, 0.2) is 0 Å². The van der Waals surface area contributed by atoms with Gasteiger partial charge < -0.3 is 10.0 Å². The third-order valence-electron chi connectivity index (χ3n) is 2.13. The molecule has 1 aromatic heterocycles. The number of aliphatic carboxylic acids is 1. The van der Waals surface area contributed by atoms with Crippen LogP contribution < -0.4 is 0 Å². The van der Waals surface area contributed by atoms with Crippen molar-refractivity contribution in [2.45, 2.75) is 19.8 Å². The largest absolute Gasteiger partial charge is 0.480 e. The summed E-state index contributed by atoms with van der Waals surface area (Å²) in [7, 11) is 0. The molecule has 0 aliphatic heterocycles. The van der Waals surface area contributed by atoms with Gasteiger partial charge in [-0.05, 0) is 18.0 Å². The van der Waals surface area contributed by atoms with Gasteiger partial charge in [-0.2, -0.15) is 0 Å². The highest BCUT2D eigenvalue weighted by atomic mass is 32.1. The maximum atomic E-state index is 12.1. The van der Waals surface area contributed by atoms with Gasteiger partial charge in [-0.1, -0.05) is 23.8 Å². The Labute approximate surface area is 109 Å². The molecule has 0 saturated heterocycles. The normalized spacial score (nSPS) is 9.78. The molecule has 96 valence electrons. The van der Waals surface area contributed by atoms with Crippen molar-refractivity contribution >= 4 is 23.4 Å². The number of terminal acetylenes is 1.